The van der Waals surface area contributed by atoms with Gasteiger partial charge >= 0.3 is 5.97 Å². The number of carbonyl (C=O) groups is 3. The first-order valence-electron chi connectivity index (χ1n) is 12.3. The minimum Gasteiger partial charge on any atom is -0.481 e. The largest absolute Gasteiger partial charge is 0.481 e. The molecular formula is C27H27Cl2N3O4. The van der Waals surface area contributed by atoms with Crippen LogP contribution in [-0.2, 0) is 9.59 Å². The lowest BCUT2D eigenvalue weighted by Crippen LogP contribution is -2.48. The number of aliphatic imine (C=N–C) groups is 1. The molecule has 36 heavy (non-hydrogen) atoms. The Kier molecular flexibility index (Phi) is 6.79. The summed E-state index contributed by atoms with van der Waals surface area (Å²) in [5.41, 5.74) is 1.88. The van der Waals surface area contributed by atoms with Crippen LogP contribution < -0.4 is 5.32 Å². The predicted molar refractivity (Wildman–Crippen MR) is 138 cm³/mol. The highest BCUT2D eigenvalue weighted by Gasteiger charge is 2.54. The van der Waals surface area contributed by atoms with Crippen molar-refractivity contribution in [1.29, 1.82) is 0 Å². The Labute approximate surface area is 219 Å². The summed E-state index contributed by atoms with van der Waals surface area (Å²) in [4.78, 5) is 44.1. The Morgan fingerprint density at radius 2 is 1.72 bits per heavy atom. The van der Waals surface area contributed by atoms with Gasteiger partial charge in [-0.2, -0.15) is 0 Å². The van der Waals surface area contributed by atoms with Gasteiger partial charge in [-0.15, -0.1) is 0 Å². The van der Waals surface area contributed by atoms with Crippen molar-refractivity contribution in [2.75, 3.05) is 6.54 Å². The summed E-state index contributed by atoms with van der Waals surface area (Å²) in [6.45, 7) is 0.0685. The lowest BCUT2D eigenvalue weighted by atomic mass is 9.95. The predicted octanol–water partition coefficient (Wildman–Crippen LogP) is 5.25. The molecule has 1 aliphatic heterocycles. The highest BCUT2D eigenvalue weighted by Crippen LogP contribution is 2.52. The number of amides is 2. The van der Waals surface area contributed by atoms with Crippen LogP contribution in [0.3, 0.4) is 0 Å². The number of nitrogens with one attached hydrogen (secondary N) is 1. The fourth-order valence-electron chi connectivity index (χ4n) is 5.43. The first-order chi connectivity index (χ1) is 17.3. The second kappa shape index (κ2) is 9.87. The molecule has 2 aromatic carbocycles. The lowest BCUT2D eigenvalue weighted by Gasteiger charge is -2.39. The maximum absolute atomic E-state index is 14.0. The summed E-state index contributed by atoms with van der Waals surface area (Å²) >= 11 is 12.5. The molecule has 2 fully saturated rings. The van der Waals surface area contributed by atoms with Crippen molar-refractivity contribution in [1.82, 2.24) is 10.2 Å². The van der Waals surface area contributed by atoms with Crippen molar-refractivity contribution in [3.63, 3.8) is 0 Å². The van der Waals surface area contributed by atoms with Gasteiger partial charge in [0, 0.05) is 27.7 Å². The van der Waals surface area contributed by atoms with Crippen molar-refractivity contribution < 1.29 is 19.5 Å². The summed E-state index contributed by atoms with van der Waals surface area (Å²) in [7, 11) is 0. The molecule has 0 bridgehead atoms. The molecule has 1 spiro atoms. The molecule has 188 valence electrons. The lowest BCUT2D eigenvalue weighted by molar-refractivity contribution is -0.137. The third-order valence-electron chi connectivity index (χ3n) is 7.22. The van der Waals surface area contributed by atoms with E-state index in [1.807, 2.05) is 17.0 Å². The molecule has 9 heteroatoms. The molecule has 2 saturated carbocycles. The zero-order valence-corrected chi connectivity index (χ0v) is 21.2. The van der Waals surface area contributed by atoms with E-state index in [9.17, 15) is 14.4 Å². The maximum Gasteiger partial charge on any atom is 0.305 e. The van der Waals surface area contributed by atoms with E-state index < -0.39 is 11.6 Å². The van der Waals surface area contributed by atoms with Crippen molar-refractivity contribution in [2.24, 2.45) is 10.9 Å². The van der Waals surface area contributed by atoms with Crippen LogP contribution in [0.1, 0.15) is 72.5 Å². The van der Waals surface area contributed by atoms with Crippen LogP contribution in [0.5, 0.6) is 0 Å². The van der Waals surface area contributed by atoms with Crippen molar-refractivity contribution in [3.05, 3.63) is 69.2 Å². The number of hydrogen-bond acceptors (Lipinski definition) is 4. The zero-order chi connectivity index (χ0) is 25.4. The van der Waals surface area contributed by atoms with Crippen LogP contribution in [0.2, 0.25) is 10.0 Å². The Balaban J connectivity index is 1.44. The number of aliphatic carboxylic acids is 1. The molecule has 0 aromatic heterocycles. The molecule has 2 aliphatic carbocycles. The van der Waals surface area contributed by atoms with E-state index in [0.717, 1.165) is 44.1 Å². The highest BCUT2D eigenvalue weighted by molar-refractivity contribution is 6.47. The zero-order valence-electron chi connectivity index (χ0n) is 19.7. The van der Waals surface area contributed by atoms with Gasteiger partial charge in [0.15, 0.2) is 0 Å². The monoisotopic (exact) mass is 527 g/mol. The number of nitrogens with zero attached hydrogens (tertiary/aromatic N) is 2. The van der Waals surface area contributed by atoms with E-state index in [-0.39, 0.29) is 30.8 Å². The van der Waals surface area contributed by atoms with Crippen molar-refractivity contribution in [3.8, 4) is 0 Å². The molecule has 0 saturated heterocycles. The Bertz CT molecular complexity index is 1210. The smallest absolute Gasteiger partial charge is 0.305 e. The molecule has 1 atom stereocenters. The summed E-state index contributed by atoms with van der Waals surface area (Å²) in [5, 5.41) is 12.3. The van der Waals surface area contributed by atoms with Crippen molar-refractivity contribution in [2.45, 2.75) is 56.7 Å². The second-order valence-corrected chi connectivity index (χ2v) is 10.7. The average Bonchev–Trinajstić information content (AvgIpc) is 3.49. The molecule has 2 aromatic rings. The first kappa shape index (κ1) is 24.8. The number of rotatable bonds is 8. The molecule has 7 nitrogen and oxygen atoms in total. The number of halogens is 2. The summed E-state index contributed by atoms with van der Waals surface area (Å²) in [6, 6.07) is 12.2. The van der Waals surface area contributed by atoms with Gasteiger partial charge < -0.3 is 15.3 Å². The van der Waals surface area contributed by atoms with Crippen LogP contribution in [0, 0.1) is 5.92 Å². The number of hydrogen-bond donors (Lipinski definition) is 2. The third-order valence-corrected chi connectivity index (χ3v) is 7.65. The van der Waals surface area contributed by atoms with Crippen LogP contribution >= 0.6 is 23.2 Å². The fraction of sp³-hybridized carbons (Fsp3) is 0.407. The average molecular weight is 528 g/mol. The van der Waals surface area contributed by atoms with Crippen LogP contribution in [0.25, 0.3) is 0 Å². The van der Waals surface area contributed by atoms with E-state index >= 15 is 0 Å². The summed E-state index contributed by atoms with van der Waals surface area (Å²) < 4.78 is 0. The number of carboxylic acid groups (broad SMARTS) is 1. The van der Waals surface area contributed by atoms with Crippen LogP contribution in [0.4, 0.5) is 0 Å². The van der Waals surface area contributed by atoms with E-state index in [1.165, 1.54) is 0 Å². The Hall–Kier alpha value is -2.90. The van der Waals surface area contributed by atoms with Crippen molar-refractivity contribution >= 4 is 46.7 Å². The summed E-state index contributed by atoms with van der Waals surface area (Å²) in [6.07, 6.45) is 5.55. The van der Waals surface area contributed by atoms with Gasteiger partial charge in [-0.25, -0.2) is 0 Å². The van der Waals surface area contributed by atoms with E-state index in [2.05, 4.69) is 5.32 Å². The second-order valence-electron chi connectivity index (χ2n) is 9.79. The molecule has 1 unspecified atom stereocenters. The highest BCUT2D eigenvalue weighted by atomic mass is 35.5. The molecule has 2 N–H and O–H groups in total. The summed E-state index contributed by atoms with van der Waals surface area (Å²) in [5.74, 6) is -1.06. The number of benzene rings is 2. The van der Waals surface area contributed by atoms with E-state index in [1.54, 1.807) is 30.3 Å². The molecular weight excluding hydrogens is 501 g/mol. The minimum atomic E-state index is -0.962. The number of carboxylic acids is 1. The minimum absolute atomic E-state index is 0.0685. The quantitative estimate of drug-likeness (QED) is 0.489. The third kappa shape index (κ3) is 4.87. The number of carbonyl (C=O) groups excluding carboxylic acids is 2. The molecule has 2 amide bonds. The molecule has 3 aliphatic rings. The fourth-order valence-corrected chi connectivity index (χ4v) is 5.96. The maximum atomic E-state index is 14.0. The first-order valence-corrected chi connectivity index (χ1v) is 13.0. The standard InChI is InChI=1S/C27H27Cl2N3O4/c28-20-13-19(14-21(29)15-20)23-26(36)32(27(31-23)10-1-2-11-27)24(16-3-4-16)17-5-7-18(8-6-17)25(35)30-12-9-22(33)34/h5-8,13-16,24H,1-4,9-12H2,(H,30,35)(H,33,34). The van der Waals surface area contributed by atoms with E-state index in [4.69, 9.17) is 33.3 Å². The topological polar surface area (TPSA) is 99.1 Å². The Morgan fingerprint density at radius 1 is 1.08 bits per heavy atom. The molecule has 5 rings (SSSR count). The van der Waals surface area contributed by atoms with Gasteiger partial charge in [-0.1, -0.05) is 35.3 Å². The molecule has 1 heterocycles. The molecule has 0 radical (unpaired) electrons. The van der Waals surface area contributed by atoms with Gasteiger partial charge in [0.25, 0.3) is 11.8 Å². The van der Waals surface area contributed by atoms with Gasteiger partial charge in [0.1, 0.15) is 11.4 Å². The van der Waals surface area contributed by atoms with Gasteiger partial charge in [0.05, 0.1) is 12.5 Å². The normalized spacial score (nSPS) is 19.4. The van der Waals surface area contributed by atoms with Gasteiger partial charge in [-0.05, 0) is 80.3 Å². The van der Waals surface area contributed by atoms with Crippen LogP contribution in [0.15, 0.2) is 47.5 Å². The van der Waals surface area contributed by atoms with Crippen LogP contribution in [-0.4, -0.2) is 45.7 Å². The Morgan fingerprint density at radius 3 is 2.31 bits per heavy atom. The van der Waals surface area contributed by atoms with E-state index in [0.29, 0.717) is 32.8 Å². The van der Waals surface area contributed by atoms with Gasteiger partial charge in [-0.3, -0.25) is 19.4 Å². The SMILES string of the molecule is O=C(O)CCNC(=O)c1ccc(C(C2CC2)N2C(=O)C(c3cc(Cl)cc(Cl)c3)=NC23CCCC3)cc1. The van der Waals surface area contributed by atoms with Gasteiger partial charge in [0.2, 0.25) is 0 Å².